The van der Waals surface area contributed by atoms with Gasteiger partial charge in [0.2, 0.25) is 0 Å². The summed E-state index contributed by atoms with van der Waals surface area (Å²) in [6.45, 7) is 2.16. The highest BCUT2D eigenvalue weighted by atomic mass is 19.1. The summed E-state index contributed by atoms with van der Waals surface area (Å²) in [6.07, 6.45) is -0.113. The molecule has 0 aliphatic rings. The zero-order valence-electron chi connectivity index (χ0n) is 12.1. The lowest BCUT2D eigenvalue weighted by Crippen LogP contribution is -2.09. The van der Waals surface area contributed by atoms with Crippen LogP contribution < -0.4 is 4.74 Å². The predicted molar refractivity (Wildman–Crippen MR) is 77.5 cm³/mol. The van der Waals surface area contributed by atoms with E-state index in [1.54, 1.807) is 25.1 Å². The summed E-state index contributed by atoms with van der Waals surface area (Å²) in [5.74, 6) is -0.974. The smallest absolute Gasteiger partial charge is 0.310 e. The molecular formula is C17H16F2O3. The maximum atomic E-state index is 13.9. The van der Waals surface area contributed by atoms with Crippen molar-refractivity contribution in [1.29, 1.82) is 0 Å². The Morgan fingerprint density at radius 3 is 2.45 bits per heavy atom. The Morgan fingerprint density at radius 2 is 1.82 bits per heavy atom. The van der Waals surface area contributed by atoms with Crippen molar-refractivity contribution in [2.24, 2.45) is 0 Å². The second-order valence-corrected chi connectivity index (χ2v) is 4.65. The molecule has 0 heterocycles. The molecule has 2 aromatic carbocycles. The largest absolute Gasteiger partial charge is 0.489 e. The molecule has 0 amide bonds. The van der Waals surface area contributed by atoms with E-state index in [0.29, 0.717) is 5.75 Å². The van der Waals surface area contributed by atoms with E-state index < -0.39 is 11.8 Å². The highest BCUT2D eigenvalue weighted by Crippen LogP contribution is 2.19. The summed E-state index contributed by atoms with van der Waals surface area (Å²) in [5, 5.41) is 0. The predicted octanol–water partition coefficient (Wildman–Crippen LogP) is 3.65. The van der Waals surface area contributed by atoms with Crippen LogP contribution in [0.25, 0.3) is 0 Å². The Hall–Kier alpha value is -2.43. The van der Waals surface area contributed by atoms with E-state index in [1.165, 1.54) is 24.3 Å². The van der Waals surface area contributed by atoms with Gasteiger partial charge < -0.3 is 9.47 Å². The first-order valence-electron chi connectivity index (χ1n) is 6.89. The molecule has 0 aliphatic carbocycles. The number of hydrogen-bond acceptors (Lipinski definition) is 3. The molecule has 0 saturated carbocycles. The lowest BCUT2D eigenvalue weighted by Gasteiger charge is -2.08. The van der Waals surface area contributed by atoms with Crippen LogP contribution in [-0.2, 0) is 22.6 Å². The topological polar surface area (TPSA) is 35.5 Å². The molecule has 0 spiro atoms. The Kier molecular flexibility index (Phi) is 5.47. The number of halogens is 2. The third-order valence-electron chi connectivity index (χ3n) is 2.98. The molecule has 116 valence electrons. The van der Waals surface area contributed by atoms with E-state index in [4.69, 9.17) is 9.47 Å². The lowest BCUT2D eigenvalue weighted by atomic mass is 10.1. The highest BCUT2D eigenvalue weighted by Gasteiger charge is 2.10. The van der Waals surface area contributed by atoms with Crippen LogP contribution in [0.4, 0.5) is 8.78 Å². The third-order valence-corrected chi connectivity index (χ3v) is 2.98. The molecule has 3 nitrogen and oxygen atoms in total. The summed E-state index contributed by atoms with van der Waals surface area (Å²) in [6, 6.07) is 10.2. The van der Waals surface area contributed by atoms with Crippen molar-refractivity contribution in [2.45, 2.75) is 20.0 Å². The van der Waals surface area contributed by atoms with Gasteiger partial charge in [0.05, 0.1) is 13.0 Å². The van der Waals surface area contributed by atoms with Gasteiger partial charge in [0, 0.05) is 6.07 Å². The normalized spacial score (nSPS) is 10.3. The van der Waals surface area contributed by atoms with Gasteiger partial charge in [-0.15, -0.1) is 0 Å². The van der Waals surface area contributed by atoms with E-state index in [9.17, 15) is 13.6 Å². The van der Waals surface area contributed by atoms with Gasteiger partial charge >= 0.3 is 5.97 Å². The molecule has 0 bridgehead atoms. The number of esters is 1. The van der Waals surface area contributed by atoms with Gasteiger partial charge in [-0.2, -0.15) is 0 Å². The minimum absolute atomic E-state index is 0.113. The molecule has 2 aromatic rings. The number of carbonyl (C=O) groups excluding carboxylic acids is 1. The molecule has 0 N–H and O–H groups in total. The van der Waals surface area contributed by atoms with Crippen molar-refractivity contribution in [3.05, 3.63) is 65.2 Å². The van der Waals surface area contributed by atoms with Gasteiger partial charge in [0.15, 0.2) is 0 Å². The van der Waals surface area contributed by atoms with Gasteiger partial charge in [0.25, 0.3) is 0 Å². The molecular weight excluding hydrogens is 290 g/mol. The molecule has 0 unspecified atom stereocenters. The zero-order valence-corrected chi connectivity index (χ0v) is 12.1. The van der Waals surface area contributed by atoms with Gasteiger partial charge in [0.1, 0.15) is 24.0 Å². The molecule has 22 heavy (non-hydrogen) atoms. The third kappa shape index (κ3) is 4.55. The van der Waals surface area contributed by atoms with E-state index in [2.05, 4.69) is 0 Å². The zero-order chi connectivity index (χ0) is 15.9. The van der Waals surface area contributed by atoms with Crippen LogP contribution >= 0.6 is 0 Å². The number of hydrogen-bond donors (Lipinski definition) is 0. The first-order chi connectivity index (χ1) is 10.6. The quantitative estimate of drug-likeness (QED) is 0.764. The van der Waals surface area contributed by atoms with E-state index in [0.717, 1.165) is 5.56 Å². The summed E-state index contributed by atoms with van der Waals surface area (Å²) in [7, 11) is 0. The van der Waals surface area contributed by atoms with Crippen LogP contribution in [0.15, 0.2) is 42.5 Å². The maximum absolute atomic E-state index is 13.9. The van der Waals surface area contributed by atoms with Crippen LogP contribution in [0, 0.1) is 11.6 Å². The molecule has 0 aromatic heterocycles. The molecule has 0 fully saturated rings. The Morgan fingerprint density at radius 1 is 1.09 bits per heavy atom. The minimum atomic E-state index is -0.523. The molecule has 0 radical (unpaired) electrons. The van der Waals surface area contributed by atoms with Crippen LogP contribution in [-0.4, -0.2) is 12.6 Å². The Labute approximate surface area is 127 Å². The van der Waals surface area contributed by atoms with E-state index >= 15 is 0 Å². The monoisotopic (exact) mass is 306 g/mol. The SMILES string of the molecule is CCOC(=O)Cc1ccc(OCc2ccc(F)cc2)cc1F. The van der Waals surface area contributed by atoms with Gasteiger partial charge in [-0.05, 0) is 36.2 Å². The summed E-state index contributed by atoms with van der Waals surface area (Å²) in [4.78, 5) is 11.3. The molecule has 2 rings (SSSR count). The van der Waals surface area contributed by atoms with Crippen molar-refractivity contribution in [3.63, 3.8) is 0 Å². The first kappa shape index (κ1) is 15.9. The van der Waals surface area contributed by atoms with Gasteiger partial charge in [-0.25, -0.2) is 8.78 Å². The number of rotatable bonds is 6. The van der Waals surface area contributed by atoms with E-state index in [-0.39, 0.29) is 31.0 Å². The average Bonchev–Trinajstić information content (AvgIpc) is 2.49. The summed E-state index contributed by atoms with van der Waals surface area (Å²) in [5.41, 5.74) is 1.03. The molecule has 5 heteroatoms. The fraction of sp³-hybridized carbons (Fsp3) is 0.235. The Bertz CT molecular complexity index is 639. The highest BCUT2D eigenvalue weighted by molar-refractivity contribution is 5.72. The second-order valence-electron chi connectivity index (χ2n) is 4.65. The Balaban J connectivity index is 1.97. The number of carbonyl (C=O) groups is 1. The van der Waals surface area contributed by atoms with Crippen LogP contribution in [0.3, 0.4) is 0 Å². The second kappa shape index (κ2) is 7.54. The first-order valence-corrected chi connectivity index (χ1v) is 6.89. The summed E-state index contributed by atoms with van der Waals surface area (Å²) >= 11 is 0. The molecule has 0 atom stereocenters. The van der Waals surface area contributed by atoms with E-state index in [1.807, 2.05) is 0 Å². The van der Waals surface area contributed by atoms with Crippen molar-refractivity contribution in [1.82, 2.24) is 0 Å². The molecule has 0 saturated heterocycles. The standard InChI is InChI=1S/C17H16F2O3/c1-2-21-17(20)9-13-5-8-15(10-16(13)19)22-11-12-3-6-14(18)7-4-12/h3-8,10H,2,9,11H2,1H3. The van der Waals surface area contributed by atoms with Crippen molar-refractivity contribution >= 4 is 5.97 Å². The molecule has 0 aliphatic heterocycles. The van der Waals surface area contributed by atoms with Crippen molar-refractivity contribution < 1.29 is 23.0 Å². The van der Waals surface area contributed by atoms with Crippen LogP contribution in [0.1, 0.15) is 18.1 Å². The number of ether oxygens (including phenoxy) is 2. The maximum Gasteiger partial charge on any atom is 0.310 e. The lowest BCUT2D eigenvalue weighted by molar-refractivity contribution is -0.142. The fourth-order valence-corrected chi connectivity index (χ4v) is 1.88. The van der Waals surface area contributed by atoms with Gasteiger partial charge in [-0.3, -0.25) is 4.79 Å². The van der Waals surface area contributed by atoms with Crippen molar-refractivity contribution in [2.75, 3.05) is 6.61 Å². The summed E-state index contributed by atoms with van der Waals surface area (Å²) < 4.78 is 36.9. The van der Waals surface area contributed by atoms with Crippen molar-refractivity contribution in [3.8, 4) is 5.75 Å². The fourth-order valence-electron chi connectivity index (χ4n) is 1.88. The van der Waals surface area contributed by atoms with Crippen LogP contribution in [0.5, 0.6) is 5.75 Å². The minimum Gasteiger partial charge on any atom is -0.489 e. The van der Waals surface area contributed by atoms with Gasteiger partial charge in [-0.1, -0.05) is 18.2 Å². The van der Waals surface area contributed by atoms with Crippen LogP contribution in [0.2, 0.25) is 0 Å². The average molecular weight is 306 g/mol. The number of benzene rings is 2.